The highest BCUT2D eigenvalue weighted by Crippen LogP contribution is 2.30. The van der Waals surface area contributed by atoms with Crippen LogP contribution in [-0.4, -0.2) is 0 Å². The predicted octanol–water partition coefficient (Wildman–Crippen LogP) is 3.17. The van der Waals surface area contributed by atoms with E-state index >= 15 is 0 Å². The maximum Gasteiger partial charge on any atom is 0.129 e. The fraction of sp³-hybridized carbons (Fsp3) is 0.0769. The minimum Gasteiger partial charge on any atom is -0.271 e. The normalized spacial score (nSPS) is 12.4. The zero-order chi connectivity index (χ0) is 13.1. The van der Waals surface area contributed by atoms with E-state index < -0.39 is 11.9 Å². The number of hydrazine groups is 1. The first-order chi connectivity index (χ1) is 8.63. The summed E-state index contributed by atoms with van der Waals surface area (Å²) in [6.45, 7) is 0. The van der Waals surface area contributed by atoms with Crippen LogP contribution in [0.4, 0.5) is 8.78 Å². The number of nitrogens with one attached hydrogen (secondary N) is 1. The standard InChI is InChI=1S/C13H11ClF2N2/c14-10-2-1-3-11(16)12(10)13(18-17)8-4-6-9(15)7-5-8/h1-7,13,18H,17H2. The molecule has 0 saturated heterocycles. The summed E-state index contributed by atoms with van der Waals surface area (Å²) >= 11 is 5.97. The van der Waals surface area contributed by atoms with Crippen LogP contribution >= 0.6 is 11.6 Å². The van der Waals surface area contributed by atoms with Gasteiger partial charge in [-0.25, -0.2) is 14.2 Å². The molecular weight excluding hydrogens is 258 g/mol. The summed E-state index contributed by atoms with van der Waals surface area (Å²) in [6, 6.07) is 9.40. The summed E-state index contributed by atoms with van der Waals surface area (Å²) in [6.07, 6.45) is 0. The lowest BCUT2D eigenvalue weighted by atomic mass is 9.99. The molecule has 5 heteroatoms. The molecule has 2 aromatic rings. The van der Waals surface area contributed by atoms with E-state index in [-0.39, 0.29) is 16.4 Å². The summed E-state index contributed by atoms with van der Waals surface area (Å²) in [4.78, 5) is 0. The van der Waals surface area contributed by atoms with E-state index in [4.69, 9.17) is 17.4 Å². The molecule has 0 aliphatic heterocycles. The van der Waals surface area contributed by atoms with Gasteiger partial charge in [-0.1, -0.05) is 29.8 Å². The van der Waals surface area contributed by atoms with Gasteiger partial charge in [0.1, 0.15) is 11.6 Å². The maximum atomic E-state index is 13.8. The lowest BCUT2D eigenvalue weighted by Gasteiger charge is -2.18. The highest BCUT2D eigenvalue weighted by Gasteiger charge is 2.19. The second kappa shape index (κ2) is 5.44. The molecule has 18 heavy (non-hydrogen) atoms. The number of rotatable bonds is 3. The van der Waals surface area contributed by atoms with Crippen molar-refractivity contribution in [2.24, 2.45) is 5.84 Å². The molecule has 0 spiro atoms. The number of nitrogens with two attached hydrogens (primary N) is 1. The van der Waals surface area contributed by atoms with Crippen LogP contribution in [0, 0.1) is 11.6 Å². The lowest BCUT2D eigenvalue weighted by molar-refractivity contribution is 0.559. The number of benzene rings is 2. The molecule has 0 aromatic heterocycles. The maximum absolute atomic E-state index is 13.8. The van der Waals surface area contributed by atoms with Crippen LogP contribution in [0.3, 0.4) is 0 Å². The largest absolute Gasteiger partial charge is 0.271 e. The Bertz CT molecular complexity index is 523. The van der Waals surface area contributed by atoms with Crippen LogP contribution in [0.5, 0.6) is 0 Å². The van der Waals surface area contributed by atoms with E-state index in [1.807, 2.05) is 0 Å². The van der Waals surface area contributed by atoms with Crippen LogP contribution in [0.15, 0.2) is 42.5 Å². The van der Waals surface area contributed by atoms with Crippen molar-refractivity contribution in [2.75, 3.05) is 0 Å². The highest BCUT2D eigenvalue weighted by molar-refractivity contribution is 6.31. The first-order valence-electron chi connectivity index (χ1n) is 5.29. The van der Waals surface area contributed by atoms with Gasteiger partial charge in [-0.2, -0.15) is 0 Å². The first-order valence-corrected chi connectivity index (χ1v) is 5.66. The van der Waals surface area contributed by atoms with Gasteiger partial charge in [-0.05, 0) is 29.8 Å². The number of hydrogen-bond donors (Lipinski definition) is 2. The molecule has 0 bridgehead atoms. The Hall–Kier alpha value is -1.49. The minimum atomic E-state index is -0.626. The molecule has 3 N–H and O–H groups in total. The molecule has 0 radical (unpaired) electrons. The molecular formula is C13H11ClF2N2. The summed E-state index contributed by atoms with van der Waals surface area (Å²) < 4.78 is 26.7. The van der Waals surface area contributed by atoms with Gasteiger partial charge in [0.15, 0.2) is 0 Å². The van der Waals surface area contributed by atoms with Gasteiger partial charge in [-0.3, -0.25) is 5.84 Å². The monoisotopic (exact) mass is 268 g/mol. The van der Waals surface area contributed by atoms with Crippen molar-refractivity contribution >= 4 is 11.6 Å². The van der Waals surface area contributed by atoms with Crippen molar-refractivity contribution in [1.82, 2.24) is 5.43 Å². The molecule has 2 rings (SSSR count). The molecule has 2 aromatic carbocycles. The van der Waals surface area contributed by atoms with Crippen LogP contribution in [0.25, 0.3) is 0 Å². The van der Waals surface area contributed by atoms with Gasteiger partial charge < -0.3 is 0 Å². The Morgan fingerprint density at radius 1 is 1.06 bits per heavy atom. The predicted molar refractivity (Wildman–Crippen MR) is 67.0 cm³/mol. The first kappa shape index (κ1) is 13.0. The Labute approximate surface area is 108 Å². The zero-order valence-electron chi connectivity index (χ0n) is 9.33. The molecule has 0 amide bonds. The number of hydrogen-bond acceptors (Lipinski definition) is 2. The van der Waals surface area contributed by atoms with Gasteiger partial charge in [0.05, 0.1) is 6.04 Å². The quantitative estimate of drug-likeness (QED) is 0.663. The van der Waals surface area contributed by atoms with Crippen LogP contribution in [0.2, 0.25) is 5.02 Å². The molecule has 1 atom stereocenters. The molecule has 0 fully saturated rings. The third-order valence-corrected chi connectivity index (χ3v) is 2.99. The van der Waals surface area contributed by atoms with Crippen molar-refractivity contribution in [3.63, 3.8) is 0 Å². The summed E-state index contributed by atoms with van der Waals surface area (Å²) in [5.41, 5.74) is 3.36. The van der Waals surface area contributed by atoms with Crippen molar-refractivity contribution in [2.45, 2.75) is 6.04 Å². The van der Waals surface area contributed by atoms with E-state index in [9.17, 15) is 8.78 Å². The average molecular weight is 269 g/mol. The van der Waals surface area contributed by atoms with Crippen molar-refractivity contribution in [3.05, 3.63) is 70.2 Å². The van der Waals surface area contributed by atoms with Crippen molar-refractivity contribution < 1.29 is 8.78 Å². The fourth-order valence-electron chi connectivity index (χ4n) is 1.79. The minimum absolute atomic E-state index is 0.244. The van der Waals surface area contributed by atoms with E-state index in [2.05, 4.69) is 5.43 Å². The summed E-state index contributed by atoms with van der Waals surface area (Å²) in [7, 11) is 0. The molecule has 1 unspecified atom stereocenters. The molecule has 0 heterocycles. The molecule has 94 valence electrons. The van der Waals surface area contributed by atoms with E-state index in [0.717, 1.165) is 0 Å². The van der Waals surface area contributed by atoms with Crippen molar-refractivity contribution in [1.29, 1.82) is 0 Å². The Balaban J connectivity index is 2.48. The lowest BCUT2D eigenvalue weighted by Crippen LogP contribution is -2.29. The van der Waals surface area contributed by atoms with E-state index in [0.29, 0.717) is 5.56 Å². The molecule has 2 nitrogen and oxygen atoms in total. The third-order valence-electron chi connectivity index (χ3n) is 2.66. The zero-order valence-corrected chi connectivity index (χ0v) is 10.1. The van der Waals surface area contributed by atoms with E-state index in [1.54, 1.807) is 6.07 Å². The summed E-state index contributed by atoms with van der Waals surface area (Å²) in [5, 5.41) is 0.266. The second-order valence-electron chi connectivity index (χ2n) is 3.79. The fourth-order valence-corrected chi connectivity index (χ4v) is 2.06. The molecule has 0 aliphatic rings. The summed E-state index contributed by atoms with van der Waals surface area (Å²) in [5.74, 6) is 4.61. The SMILES string of the molecule is NNC(c1ccc(F)cc1)c1c(F)cccc1Cl. The third kappa shape index (κ3) is 2.51. The van der Waals surface area contributed by atoms with Crippen LogP contribution < -0.4 is 11.3 Å². The topological polar surface area (TPSA) is 38.0 Å². The Kier molecular flexibility index (Phi) is 3.91. The highest BCUT2D eigenvalue weighted by atomic mass is 35.5. The molecule has 0 saturated carbocycles. The van der Waals surface area contributed by atoms with Gasteiger partial charge in [0, 0.05) is 10.6 Å². The van der Waals surface area contributed by atoms with Gasteiger partial charge >= 0.3 is 0 Å². The Morgan fingerprint density at radius 3 is 2.28 bits per heavy atom. The second-order valence-corrected chi connectivity index (χ2v) is 4.19. The number of halogens is 3. The Morgan fingerprint density at radius 2 is 1.72 bits per heavy atom. The van der Waals surface area contributed by atoms with Crippen LogP contribution in [-0.2, 0) is 0 Å². The van der Waals surface area contributed by atoms with Crippen LogP contribution in [0.1, 0.15) is 17.2 Å². The average Bonchev–Trinajstić information content (AvgIpc) is 2.35. The smallest absolute Gasteiger partial charge is 0.129 e. The van der Waals surface area contributed by atoms with Gasteiger partial charge in [-0.15, -0.1) is 0 Å². The van der Waals surface area contributed by atoms with Crippen molar-refractivity contribution in [3.8, 4) is 0 Å². The van der Waals surface area contributed by atoms with E-state index in [1.165, 1.54) is 36.4 Å². The molecule has 0 aliphatic carbocycles. The van der Waals surface area contributed by atoms with Gasteiger partial charge in [0.2, 0.25) is 0 Å². The van der Waals surface area contributed by atoms with Gasteiger partial charge in [0.25, 0.3) is 0 Å².